The van der Waals surface area contributed by atoms with Crippen LogP contribution in [-0.4, -0.2) is 45.8 Å². The van der Waals surface area contributed by atoms with Crippen LogP contribution in [0.3, 0.4) is 0 Å². The number of halogens is 1. The van der Waals surface area contributed by atoms with Gasteiger partial charge < -0.3 is 9.47 Å². The summed E-state index contributed by atoms with van der Waals surface area (Å²) < 4.78 is 26.9. The summed E-state index contributed by atoms with van der Waals surface area (Å²) in [6.07, 6.45) is 6.21. The maximum Gasteiger partial charge on any atom is 0.309 e. The molecule has 10 heteroatoms. The van der Waals surface area contributed by atoms with Gasteiger partial charge in [-0.1, -0.05) is 24.8 Å². The maximum absolute atomic E-state index is 14.1. The molecule has 2 aromatic heterocycles. The molecule has 0 bridgehead atoms. The van der Waals surface area contributed by atoms with Gasteiger partial charge in [0, 0.05) is 17.8 Å². The second-order valence-corrected chi connectivity index (χ2v) is 9.66. The predicted molar refractivity (Wildman–Crippen MR) is 155 cm³/mol. The summed E-state index contributed by atoms with van der Waals surface area (Å²) in [7, 11) is 1.31. The van der Waals surface area contributed by atoms with Crippen molar-refractivity contribution in [3.8, 4) is 5.75 Å². The number of allylic oxidation sites excluding steroid dienone is 3. The smallest absolute Gasteiger partial charge is 0.309 e. The number of imide groups is 1. The standard InChI is InChI=1S/C32H27FN4O5/c1-19(16-29(38)41-4)10-13-27(36-15-7-14-34-36)20(2)21(3)42-28-18-22-17-23(33)11-12-26(22)35-30(28)37-31(39)24-8-5-6-9-25(24)32(37)40/h5-15,17-18,21H,1,16H2,2-4H3/b13-10-,27-20-. The number of hydrogen-bond donors (Lipinski definition) is 0. The third kappa shape index (κ3) is 5.46. The number of rotatable bonds is 9. The molecule has 0 aliphatic carbocycles. The number of carbonyl (C=O) groups is 3. The number of aromatic nitrogens is 3. The van der Waals surface area contributed by atoms with Gasteiger partial charge in [0.15, 0.2) is 11.6 Å². The van der Waals surface area contributed by atoms with Crippen LogP contribution < -0.4 is 9.64 Å². The van der Waals surface area contributed by atoms with Gasteiger partial charge in [0.05, 0.1) is 35.9 Å². The van der Waals surface area contributed by atoms with Crippen LogP contribution in [0.25, 0.3) is 16.6 Å². The Morgan fingerprint density at radius 3 is 2.43 bits per heavy atom. The van der Waals surface area contributed by atoms with Crippen LogP contribution in [0.4, 0.5) is 10.2 Å². The molecule has 1 atom stereocenters. The largest absolute Gasteiger partial charge is 0.482 e. The zero-order valence-electron chi connectivity index (χ0n) is 23.2. The summed E-state index contributed by atoms with van der Waals surface area (Å²) in [5.41, 5.74) is 2.80. The number of nitrogens with zero attached hydrogens (tertiary/aromatic N) is 4. The Balaban J connectivity index is 1.56. The first kappa shape index (κ1) is 28.2. The minimum absolute atomic E-state index is 0.00240. The van der Waals surface area contributed by atoms with E-state index in [1.54, 1.807) is 72.5 Å². The number of carbonyl (C=O) groups excluding carboxylic acids is 3. The van der Waals surface area contributed by atoms with Gasteiger partial charge in [-0.25, -0.2) is 19.0 Å². The van der Waals surface area contributed by atoms with E-state index in [-0.39, 0.29) is 29.1 Å². The average Bonchev–Trinajstić information content (AvgIpc) is 3.59. The van der Waals surface area contributed by atoms with Crippen molar-refractivity contribution in [1.29, 1.82) is 0 Å². The van der Waals surface area contributed by atoms with Gasteiger partial charge >= 0.3 is 5.97 Å². The maximum atomic E-state index is 14.1. The third-order valence-corrected chi connectivity index (χ3v) is 6.87. The zero-order valence-corrected chi connectivity index (χ0v) is 23.2. The van der Waals surface area contributed by atoms with Crippen LogP contribution in [0.5, 0.6) is 5.75 Å². The summed E-state index contributed by atoms with van der Waals surface area (Å²) in [5, 5.41) is 4.77. The SMILES string of the molecule is C=C(/C=C\C(=C(/C)C(C)Oc1cc2cc(F)ccc2nc1N1C(=O)c2ccccc2C1=O)n1cccn1)CC(=O)OC. The van der Waals surface area contributed by atoms with Crippen molar-refractivity contribution < 1.29 is 28.2 Å². The topological polar surface area (TPSA) is 104 Å². The number of pyridine rings is 1. The lowest BCUT2D eigenvalue weighted by atomic mass is 10.1. The van der Waals surface area contributed by atoms with Gasteiger partial charge in [-0.2, -0.15) is 5.10 Å². The number of fused-ring (bicyclic) bond motifs is 2. The molecule has 9 nitrogen and oxygen atoms in total. The first-order valence-electron chi connectivity index (χ1n) is 13.1. The number of hydrogen-bond acceptors (Lipinski definition) is 7. The van der Waals surface area contributed by atoms with Crippen molar-refractivity contribution in [1.82, 2.24) is 14.8 Å². The van der Waals surface area contributed by atoms with Crippen molar-refractivity contribution in [3.63, 3.8) is 0 Å². The van der Waals surface area contributed by atoms with Crippen LogP contribution in [0, 0.1) is 5.82 Å². The Morgan fingerprint density at radius 2 is 1.79 bits per heavy atom. The van der Waals surface area contributed by atoms with Crippen LogP contribution in [-0.2, 0) is 9.53 Å². The quantitative estimate of drug-likeness (QED) is 0.144. The van der Waals surface area contributed by atoms with E-state index in [2.05, 4.69) is 16.7 Å². The molecule has 1 aliphatic rings. The summed E-state index contributed by atoms with van der Waals surface area (Å²) >= 11 is 0. The average molecular weight is 567 g/mol. The van der Waals surface area contributed by atoms with E-state index in [1.807, 2.05) is 6.92 Å². The molecule has 0 radical (unpaired) electrons. The Hall–Kier alpha value is -5.38. The van der Waals surface area contributed by atoms with Crippen LogP contribution in [0.1, 0.15) is 41.0 Å². The molecule has 42 heavy (non-hydrogen) atoms. The van der Waals surface area contributed by atoms with Gasteiger partial charge in [0.1, 0.15) is 11.9 Å². The highest BCUT2D eigenvalue weighted by atomic mass is 19.1. The predicted octanol–water partition coefficient (Wildman–Crippen LogP) is 5.75. The molecule has 0 fully saturated rings. The normalized spacial score (nSPS) is 14.2. The van der Waals surface area contributed by atoms with Crippen molar-refractivity contribution >= 4 is 40.2 Å². The lowest BCUT2D eigenvalue weighted by Crippen LogP contribution is -2.31. The van der Waals surface area contributed by atoms with E-state index in [4.69, 9.17) is 9.47 Å². The number of amides is 2. The van der Waals surface area contributed by atoms with Crippen molar-refractivity contribution in [2.45, 2.75) is 26.4 Å². The Kier molecular flexibility index (Phi) is 7.79. The Bertz CT molecular complexity index is 1760. The molecular formula is C32H27FN4O5. The third-order valence-electron chi connectivity index (χ3n) is 6.87. The van der Waals surface area contributed by atoms with E-state index in [1.165, 1.54) is 25.3 Å². The molecule has 1 aliphatic heterocycles. The van der Waals surface area contributed by atoms with Crippen LogP contribution in [0.2, 0.25) is 0 Å². The molecular weight excluding hydrogens is 539 g/mol. The first-order chi connectivity index (χ1) is 20.2. The lowest BCUT2D eigenvalue weighted by Gasteiger charge is -2.23. The molecule has 1 unspecified atom stereocenters. The number of methoxy groups -OCH3 is 1. The molecule has 3 heterocycles. The fourth-order valence-corrected chi connectivity index (χ4v) is 4.55. The molecule has 5 rings (SSSR count). The summed E-state index contributed by atoms with van der Waals surface area (Å²) in [6.45, 7) is 7.54. The fourth-order valence-electron chi connectivity index (χ4n) is 4.55. The highest BCUT2D eigenvalue weighted by molar-refractivity contribution is 6.34. The molecule has 2 aromatic carbocycles. The van der Waals surface area contributed by atoms with Crippen molar-refractivity contribution in [2.75, 3.05) is 12.0 Å². The highest BCUT2D eigenvalue weighted by Gasteiger charge is 2.39. The van der Waals surface area contributed by atoms with E-state index in [0.29, 0.717) is 27.7 Å². The number of esters is 1. The lowest BCUT2D eigenvalue weighted by molar-refractivity contribution is -0.139. The molecule has 212 valence electrons. The second-order valence-electron chi connectivity index (χ2n) is 9.66. The first-order valence-corrected chi connectivity index (χ1v) is 13.1. The second kappa shape index (κ2) is 11.6. The summed E-state index contributed by atoms with van der Waals surface area (Å²) in [4.78, 5) is 43.9. The zero-order chi connectivity index (χ0) is 30.0. The molecule has 4 aromatic rings. The Morgan fingerprint density at radius 1 is 1.07 bits per heavy atom. The fraction of sp³-hybridized carbons (Fsp3) is 0.156. The van der Waals surface area contributed by atoms with E-state index >= 15 is 0 Å². The number of anilines is 1. The molecule has 0 spiro atoms. The number of benzene rings is 2. The number of ether oxygens (including phenoxy) is 2. The molecule has 2 amide bonds. The minimum atomic E-state index is -0.635. The highest BCUT2D eigenvalue weighted by Crippen LogP contribution is 2.37. The molecule has 0 saturated carbocycles. The minimum Gasteiger partial charge on any atom is -0.482 e. The van der Waals surface area contributed by atoms with Crippen LogP contribution >= 0.6 is 0 Å². The monoisotopic (exact) mass is 566 g/mol. The van der Waals surface area contributed by atoms with Gasteiger partial charge in [-0.05, 0) is 73.5 Å². The Labute approximate surface area is 241 Å². The van der Waals surface area contributed by atoms with Gasteiger partial charge in [-0.3, -0.25) is 14.4 Å². The van der Waals surface area contributed by atoms with Crippen molar-refractivity contribution in [3.05, 3.63) is 114 Å². The molecule has 0 N–H and O–H groups in total. The van der Waals surface area contributed by atoms with E-state index < -0.39 is 29.7 Å². The summed E-state index contributed by atoms with van der Waals surface area (Å²) in [6, 6.07) is 13.9. The van der Waals surface area contributed by atoms with E-state index in [9.17, 15) is 18.8 Å². The van der Waals surface area contributed by atoms with Crippen LogP contribution in [0.15, 0.2) is 96.9 Å². The van der Waals surface area contributed by atoms with Gasteiger partial charge in [-0.15, -0.1) is 0 Å². The van der Waals surface area contributed by atoms with Gasteiger partial charge in [0.25, 0.3) is 11.8 Å². The molecule has 0 saturated heterocycles. The van der Waals surface area contributed by atoms with Crippen molar-refractivity contribution in [2.24, 2.45) is 0 Å². The van der Waals surface area contributed by atoms with E-state index in [0.717, 1.165) is 4.90 Å². The summed E-state index contributed by atoms with van der Waals surface area (Å²) in [5.74, 6) is -1.82. The van der Waals surface area contributed by atoms with Gasteiger partial charge in [0.2, 0.25) is 0 Å².